The molecule has 0 aromatic heterocycles. The second kappa shape index (κ2) is 2.84. The van der Waals surface area contributed by atoms with Gasteiger partial charge in [0.1, 0.15) is 6.61 Å². The minimum atomic E-state index is -2.59. The van der Waals surface area contributed by atoms with E-state index in [-0.39, 0.29) is 25.1 Å². The fourth-order valence-corrected chi connectivity index (χ4v) is 1.58. The molecule has 2 atom stereocenters. The lowest BCUT2D eigenvalue weighted by Gasteiger charge is -2.12. The van der Waals surface area contributed by atoms with Crippen LogP contribution in [0.15, 0.2) is 0 Å². The zero-order chi connectivity index (χ0) is 7.19. The first-order valence-corrected chi connectivity index (χ1v) is 3.40. The molecule has 2 aliphatic rings. The molecule has 0 saturated carbocycles. The Bertz CT molecular complexity index is 156. The van der Waals surface area contributed by atoms with Crippen LogP contribution < -0.4 is 5.32 Å². The van der Waals surface area contributed by atoms with E-state index in [1.807, 2.05) is 0 Å². The fraction of sp³-hybridized carbons (Fsp3) is 1.00. The Kier molecular flexibility index (Phi) is 2.37. The highest BCUT2D eigenvalue weighted by Gasteiger charge is 2.53. The summed E-state index contributed by atoms with van der Waals surface area (Å²) in [4.78, 5) is 0. The van der Waals surface area contributed by atoms with E-state index in [1.165, 1.54) is 0 Å². The number of hydrogen-bond donors (Lipinski definition) is 1. The summed E-state index contributed by atoms with van der Waals surface area (Å²) in [6.07, 6.45) is -0.241. The smallest absolute Gasteiger partial charge is 0.277 e. The van der Waals surface area contributed by atoms with Gasteiger partial charge in [-0.25, -0.2) is 8.78 Å². The number of hydrogen-bond acceptors (Lipinski definition) is 2. The van der Waals surface area contributed by atoms with E-state index in [2.05, 4.69) is 5.32 Å². The van der Waals surface area contributed by atoms with Gasteiger partial charge in [0.25, 0.3) is 5.92 Å². The quantitative estimate of drug-likeness (QED) is 0.599. The third-order valence-electron chi connectivity index (χ3n) is 2.19. The summed E-state index contributed by atoms with van der Waals surface area (Å²) in [6.45, 7) is 0.599. The lowest BCUT2D eigenvalue weighted by atomic mass is 10.0. The van der Waals surface area contributed by atoms with Crippen LogP contribution in [-0.4, -0.2) is 31.7 Å². The summed E-state index contributed by atoms with van der Waals surface area (Å²) in [5, 5.41) is 2.87. The Labute approximate surface area is 69.7 Å². The minimum Gasteiger partial charge on any atom is -0.370 e. The molecule has 11 heavy (non-hydrogen) atoms. The van der Waals surface area contributed by atoms with Crippen molar-refractivity contribution >= 4 is 12.4 Å². The van der Waals surface area contributed by atoms with Crippen LogP contribution in [0.4, 0.5) is 8.78 Å². The van der Waals surface area contributed by atoms with Gasteiger partial charge in [-0.1, -0.05) is 0 Å². The summed E-state index contributed by atoms with van der Waals surface area (Å²) in [5.41, 5.74) is 0. The summed E-state index contributed by atoms with van der Waals surface area (Å²) in [7, 11) is 0. The topological polar surface area (TPSA) is 21.3 Å². The first kappa shape index (κ1) is 9.16. The van der Waals surface area contributed by atoms with Crippen molar-refractivity contribution in [3.05, 3.63) is 0 Å². The SMILES string of the molecule is Cl.FC1(F)CO[C@H]2CNC[C@H]21. The van der Waals surface area contributed by atoms with Crippen LogP contribution in [0.1, 0.15) is 0 Å². The summed E-state index contributed by atoms with van der Waals surface area (Å²) < 4.78 is 30.3. The van der Waals surface area contributed by atoms with Crippen molar-refractivity contribution in [2.45, 2.75) is 12.0 Å². The van der Waals surface area contributed by atoms with E-state index < -0.39 is 11.8 Å². The number of halogens is 3. The van der Waals surface area contributed by atoms with E-state index in [0.29, 0.717) is 13.1 Å². The third-order valence-corrected chi connectivity index (χ3v) is 2.19. The van der Waals surface area contributed by atoms with Gasteiger partial charge < -0.3 is 10.1 Å². The van der Waals surface area contributed by atoms with Crippen LogP contribution in [0.2, 0.25) is 0 Å². The van der Waals surface area contributed by atoms with Crippen molar-refractivity contribution in [2.24, 2.45) is 5.92 Å². The van der Waals surface area contributed by atoms with Gasteiger partial charge in [-0.15, -0.1) is 12.4 Å². The van der Waals surface area contributed by atoms with Crippen molar-refractivity contribution in [2.75, 3.05) is 19.7 Å². The van der Waals surface area contributed by atoms with Gasteiger partial charge in [0.2, 0.25) is 0 Å². The van der Waals surface area contributed by atoms with Gasteiger partial charge in [-0.05, 0) is 0 Å². The average molecular weight is 186 g/mol. The zero-order valence-electron chi connectivity index (χ0n) is 5.85. The van der Waals surface area contributed by atoms with E-state index in [4.69, 9.17) is 4.74 Å². The van der Waals surface area contributed by atoms with Gasteiger partial charge in [-0.2, -0.15) is 0 Å². The number of nitrogens with one attached hydrogen (secondary N) is 1. The summed E-state index contributed by atoms with van der Waals surface area (Å²) in [5.74, 6) is -3.17. The van der Waals surface area contributed by atoms with Crippen LogP contribution in [0.3, 0.4) is 0 Å². The molecule has 1 N–H and O–H groups in total. The van der Waals surface area contributed by atoms with Crippen LogP contribution in [0.5, 0.6) is 0 Å². The molecule has 0 aromatic rings. The van der Waals surface area contributed by atoms with Crippen molar-refractivity contribution in [3.8, 4) is 0 Å². The fourth-order valence-electron chi connectivity index (χ4n) is 1.58. The normalized spacial score (nSPS) is 39.8. The van der Waals surface area contributed by atoms with E-state index in [9.17, 15) is 8.78 Å². The summed E-state index contributed by atoms with van der Waals surface area (Å²) >= 11 is 0. The molecule has 0 amide bonds. The largest absolute Gasteiger partial charge is 0.370 e. The maximum atomic E-state index is 12.7. The Balaban J connectivity index is 0.000000605. The highest BCUT2D eigenvalue weighted by atomic mass is 35.5. The first-order chi connectivity index (χ1) is 4.70. The van der Waals surface area contributed by atoms with Gasteiger partial charge in [0.05, 0.1) is 12.0 Å². The number of rotatable bonds is 0. The molecule has 5 heteroatoms. The maximum Gasteiger partial charge on any atom is 0.277 e. The molecule has 2 aliphatic heterocycles. The van der Waals surface area contributed by atoms with Crippen LogP contribution >= 0.6 is 12.4 Å². The number of alkyl halides is 2. The standard InChI is InChI=1S/C6H9F2NO.ClH/c7-6(8)3-10-5-2-9-1-4(5)6;/h4-5,9H,1-3H2;1H/t4-,5+;/m1./s1. The molecule has 66 valence electrons. The molecule has 0 spiro atoms. The van der Waals surface area contributed by atoms with Gasteiger partial charge in [0.15, 0.2) is 0 Å². The Hall–Kier alpha value is 0.0700. The van der Waals surface area contributed by atoms with Gasteiger partial charge in [-0.3, -0.25) is 0 Å². The Morgan fingerprint density at radius 3 is 2.73 bits per heavy atom. The predicted octanol–water partition coefficient (Wildman–Crippen LogP) is 0.662. The second-order valence-corrected chi connectivity index (χ2v) is 2.88. The van der Waals surface area contributed by atoms with E-state index >= 15 is 0 Å². The van der Waals surface area contributed by atoms with Crippen LogP contribution in [0, 0.1) is 5.92 Å². The molecule has 0 aromatic carbocycles. The molecule has 0 aliphatic carbocycles. The molecular weight excluding hydrogens is 176 g/mol. The van der Waals surface area contributed by atoms with E-state index in [1.54, 1.807) is 0 Å². The lowest BCUT2D eigenvalue weighted by molar-refractivity contribution is -0.0356. The molecular formula is C6H10ClF2NO. The monoisotopic (exact) mass is 185 g/mol. The molecule has 2 rings (SSSR count). The van der Waals surface area contributed by atoms with E-state index in [0.717, 1.165) is 0 Å². The van der Waals surface area contributed by atoms with Crippen LogP contribution in [0.25, 0.3) is 0 Å². The summed E-state index contributed by atoms with van der Waals surface area (Å²) in [6, 6.07) is 0. The lowest BCUT2D eigenvalue weighted by Crippen LogP contribution is -2.30. The highest BCUT2D eigenvalue weighted by molar-refractivity contribution is 5.85. The molecule has 2 nitrogen and oxygen atoms in total. The molecule has 2 heterocycles. The molecule has 2 saturated heterocycles. The third kappa shape index (κ3) is 1.35. The molecule has 0 radical (unpaired) electrons. The average Bonchev–Trinajstić information content (AvgIpc) is 2.36. The highest BCUT2D eigenvalue weighted by Crippen LogP contribution is 2.37. The van der Waals surface area contributed by atoms with Crippen LogP contribution in [-0.2, 0) is 4.74 Å². The van der Waals surface area contributed by atoms with Crippen molar-refractivity contribution in [1.29, 1.82) is 0 Å². The second-order valence-electron chi connectivity index (χ2n) is 2.88. The number of ether oxygens (including phenoxy) is 1. The molecule has 0 unspecified atom stereocenters. The van der Waals surface area contributed by atoms with Crippen molar-refractivity contribution < 1.29 is 13.5 Å². The van der Waals surface area contributed by atoms with Crippen molar-refractivity contribution in [1.82, 2.24) is 5.32 Å². The predicted molar refractivity (Wildman–Crippen MR) is 38.3 cm³/mol. The van der Waals surface area contributed by atoms with Gasteiger partial charge in [0, 0.05) is 13.1 Å². The van der Waals surface area contributed by atoms with Crippen molar-refractivity contribution in [3.63, 3.8) is 0 Å². The zero-order valence-corrected chi connectivity index (χ0v) is 6.66. The first-order valence-electron chi connectivity index (χ1n) is 3.40. The molecule has 2 fully saturated rings. The Morgan fingerprint density at radius 1 is 1.36 bits per heavy atom. The Morgan fingerprint density at radius 2 is 2.09 bits per heavy atom. The number of fused-ring (bicyclic) bond motifs is 1. The molecule has 0 bridgehead atoms. The van der Waals surface area contributed by atoms with Gasteiger partial charge >= 0.3 is 0 Å². The maximum absolute atomic E-state index is 12.7. The minimum absolute atomic E-state index is 0.